The van der Waals surface area contributed by atoms with Gasteiger partial charge in [0.2, 0.25) is 0 Å². The van der Waals surface area contributed by atoms with E-state index in [0.717, 1.165) is 10.0 Å². The Morgan fingerprint density at radius 2 is 1.94 bits per heavy atom. The monoisotopic (exact) mass is 314 g/mol. The Labute approximate surface area is 114 Å². The first-order chi connectivity index (χ1) is 8.49. The third-order valence-corrected chi connectivity index (χ3v) is 2.87. The predicted molar refractivity (Wildman–Crippen MR) is 71.3 cm³/mol. The van der Waals surface area contributed by atoms with Crippen molar-refractivity contribution in [2.45, 2.75) is 19.4 Å². The molecule has 0 spiro atoms. The fourth-order valence-corrected chi connectivity index (χ4v) is 1.63. The largest absolute Gasteiger partial charge is 0.481 e. The number of amides is 2. The number of carbonyl (C=O) groups is 2. The van der Waals surface area contributed by atoms with Gasteiger partial charge in [0.15, 0.2) is 0 Å². The number of hydrogen-bond donors (Lipinski definition) is 3. The van der Waals surface area contributed by atoms with Crippen molar-refractivity contribution in [3.63, 3.8) is 0 Å². The maximum atomic E-state index is 11.5. The molecule has 1 atom stereocenters. The van der Waals surface area contributed by atoms with Gasteiger partial charge in [0.1, 0.15) is 0 Å². The van der Waals surface area contributed by atoms with Crippen molar-refractivity contribution in [3.05, 3.63) is 34.3 Å². The van der Waals surface area contributed by atoms with E-state index in [0.29, 0.717) is 0 Å². The molecule has 2 amide bonds. The van der Waals surface area contributed by atoms with Gasteiger partial charge in [-0.05, 0) is 24.6 Å². The molecule has 0 saturated heterocycles. The molecule has 1 aromatic carbocycles. The molecule has 0 heterocycles. The molecule has 0 radical (unpaired) electrons. The first-order valence-corrected chi connectivity index (χ1v) is 6.30. The van der Waals surface area contributed by atoms with Crippen LogP contribution < -0.4 is 10.6 Å². The molecule has 0 saturated carbocycles. The average molecular weight is 315 g/mol. The van der Waals surface area contributed by atoms with Crippen molar-refractivity contribution in [1.82, 2.24) is 10.6 Å². The van der Waals surface area contributed by atoms with Crippen LogP contribution in [0, 0.1) is 0 Å². The molecule has 1 rings (SSSR count). The van der Waals surface area contributed by atoms with Gasteiger partial charge in [-0.25, -0.2) is 4.79 Å². The highest BCUT2D eigenvalue weighted by Crippen LogP contribution is 2.16. The summed E-state index contributed by atoms with van der Waals surface area (Å²) in [7, 11) is 0. The number of hydrogen-bond acceptors (Lipinski definition) is 2. The maximum absolute atomic E-state index is 11.5. The zero-order chi connectivity index (χ0) is 13.5. The molecule has 3 N–H and O–H groups in total. The molecule has 0 fully saturated rings. The van der Waals surface area contributed by atoms with Gasteiger partial charge < -0.3 is 15.7 Å². The lowest BCUT2D eigenvalue weighted by Gasteiger charge is -2.14. The number of halogens is 1. The smallest absolute Gasteiger partial charge is 0.315 e. The minimum absolute atomic E-state index is 0.0832. The van der Waals surface area contributed by atoms with Crippen LogP contribution in [0.2, 0.25) is 0 Å². The standard InChI is InChI=1S/C12H15BrN2O3/c1-8(9-2-4-10(13)5-3-9)15-12(18)14-7-6-11(16)17/h2-5,8H,6-7H2,1H3,(H,16,17)(H2,14,15,18)/t8-/m1/s1. The highest BCUT2D eigenvalue weighted by molar-refractivity contribution is 9.10. The first kappa shape index (κ1) is 14.5. The molecule has 5 nitrogen and oxygen atoms in total. The SMILES string of the molecule is C[C@@H](NC(=O)NCCC(=O)O)c1ccc(Br)cc1. The number of nitrogens with one attached hydrogen (secondary N) is 2. The zero-order valence-corrected chi connectivity index (χ0v) is 11.5. The van der Waals surface area contributed by atoms with E-state index in [-0.39, 0.29) is 25.0 Å². The summed E-state index contributed by atoms with van der Waals surface area (Å²) in [4.78, 5) is 21.7. The molecule has 0 aromatic heterocycles. The summed E-state index contributed by atoms with van der Waals surface area (Å²) in [5, 5.41) is 13.7. The first-order valence-electron chi connectivity index (χ1n) is 5.50. The van der Waals surface area contributed by atoms with Crippen LogP contribution in [-0.4, -0.2) is 23.7 Å². The lowest BCUT2D eigenvalue weighted by molar-refractivity contribution is -0.136. The maximum Gasteiger partial charge on any atom is 0.315 e. The van der Waals surface area contributed by atoms with Crippen LogP contribution in [0.4, 0.5) is 4.79 Å². The fraction of sp³-hybridized carbons (Fsp3) is 0.333. The van der Waals surface area contributed by atoms with Crippen LogP contribution in [0.15, 0.2) is 28.7 Å². The summed E-state index contributed by atoms with van der Waals surface area (Å²) in [6.07, 6.45) is -0.0832. The topological polar surface area (TPSA) is 78.4 Å². The van der Waals surface area contributed by atoms with Gasteiger partial charge in [-0.15, -0.1) is 0 Å². The number of benzene rings is 1. The summed E-state index contributed by atoms with van der Waals surface area (Å²) in [6, 6.07) is 7.11. The number of urea groups is 1. The van der Waals surface area contributed by atoms with Gasteiger partial charge >= 0.3 is 12.0 Å². The van der Waals surface area contributed by atoms with Gasteiger partial charge in [-0.2, -0.15) is 0 Å². The Hall–Kier alpha value is -1.56. The minimum atomic E-state index is -0.934. The Morgan fingerprint density at radius 1 is 1.33 bits per heavy atom. The van der Waals surface area contributed by atoms with Crippen molar-refractivity contribution >= 4 is 27.9 Å². The summed E-state index contributed by atoms with van der Waals surface area (Å²) in [6.45, 7) is 1.98. The molecule has 1 aromatic rings. The third kappa shape index (κ3) is 5.18. The molecular weight excluding hydrogens is 300 g/mol. The van der Waals surface area contributed by atoms with Crippen LogP contribution in [0.5, 0.6) is 0 Å². The summed E-state index contributed by atoms with van der Waals surface area (Å²) < 4.78 is 0.976. The third-order valence-electron chi connectivity index (χ3n) is 2.34. The second-order valence-electron chi connectivity index (χ2n) is 3.82. The predicted octanol–water partition coefficient (Wildman–Crippen LogP) is 2.28. The highest BCUT2D eigenvalue weighted by Gasteiger charge is 2.09. The Bertz CT molecular complexity index is 420. The second kappa shape index (κ2) is 7.00. The van der Waals surface area contributed by atoms with E-state index in [1.54, 1.807) is 0 Å². The van der Waals surface area contributed by atoms with E-state index in [1.165, 1.54) is 0 Å². The zero-order valence-electron chi connectivity index (χ0n) is 9.94. The minimum Gasteiger partial charge on any atom is -0.481 e. The van der Waals surface area contributed by atoms with Gasteiger partial charge in [0.25, 0.3) is 0 Å². The molecule has 6 heteroatoms. The van der Waals surface area contributed by atoms with E-state index in [4.69, 9.17) is 5.11 Å². The molecule has 98 valence electrons. The van der Waals surface area contributed by atoms with Crippen molar-refractivity contribution in [2.24, 2.45) is 0 Å². The van der Waals surface area contributed by atoms with Crippen LogP contribution in [0.1, 0.15) is 24.9 Å². The molecule has 18 heavy (non-hydrogen) atoms. The summed E-state index contributed by atoms with van der Waals surface area (Å²) in [5.41, 5.74) is 0.978. The molecular formula is C12H15BrN2O3. The van der Waals surface area contributed by atoms with E-state index in [9.17, 15) is 9.59 Å². The molecule has 0 unspecified atom stereocenters. The summed E-state index contributed by atoms with van der Waals surface area (Å²) in [5.74, 6) is -0.934. The number of rotatable bonds is 5. The fourth-order valence-electron chi connectivity index (χ4n) is 1.37. The van der Waals surface area contributed by atoms with Crippen molar-refractivity contribution in [2.75, 3.05) is 6.54 Å². The van der Waals surface area contributed by atoms with Crippen molar-refractivity contribution in [3.8, 4) is 0 Å². The lowest BCUT2D eigenvalue weighted by Crippen LogP contribution is -2.38. The van der Waals surface area contributed by atoms with Crippen LogP contribution in [0.25, 0.3) is 0 Å². The number of carboxylic acid groups (broad SMARTS) is 1. The van der Waals surface area contributed by atoms with E-state index >= 15 is 0 Å². The summed E-state index contributed by atoms with van der Waals surface area (Å²) >= 11 is 3.34. The van der Waals surface area contributed by atoms with Crippen molar-refractivity contribution < 1.29 is 14.7 Å². The van der Waals surface area contributed by atoms with Gasteiger partial charge in [0.05, 0.1) is 12.5 Å². The van der Waals surface area contributed by atoms with E-state index in [1.807, 2.05) is 31.2 Å². The molecule has 0 aliphatic carbocycles. The number of carboxylic acids is 1. The van der Waals surface area contributed by atoms with Gasteiger partial charge in [-0.3, -0.25) is 4.79 Å². The quantitative estimate of drug-likeness (QED) is 0.780. The molecule has 0 bridgehead atoms. The molecule has 0 aliphatic heterocycles. The van der Waals surface area contributed by atoms with Crippen LogP contribution in [-0.2, 0) is 4.79 Å². The normalized spacial score (nSPS) is 11.7. The van der Waals surface area contributed by atoms with Gasteiger partial charge in [0, 0.05) is 11.0 Å². The second-order valence-corrected chi connectivity index (χ2v) is 4.73. The Balaban J connectivity index is 2.39. The Morgan fingerprint density at radius 3 is 2.50 bits per heavy atom. The number of carbonyl (C=O) groups excluding carboxylic acids is 1. The molecule has 0 aliphatic rings. The van der Waals surface area contributed by atoms with Crippen molar-refractivity contribution in [1.29, 1.82) is 0 Å². The Kier molecular flexibility index (Phi) is 5.64. The highest BCUT2D eigenvalue weighted by atomic mass is 79.9. The van der Waals surface area contributed by atoms with E-state index < -0.39 is 5.97 Å². The van der Waals surface area contributed by atoms with E-state index in [2.05, 4.69) is 26.6 Å². The average Bonchev–Trinajstić information content (AvgIpc) is 2.29. The van der Waals surface area contributed by atoms with Gasteiger partial charge in [-0.1, -0.05) is 28.1 Å². The van der Waals surface area contributed by atoms with Crippen LogP contribution in [0.3, 0.4) is 0 Å². The van der Waals surface area contributed by atoms with Crippen LogP contribution >= 0.6 is 15.9 Å². The lowest BCUT2D eigenvalue weighted by atomic mass is 10.1. The number of aliphatic carboxylic acids is 1.